The van der Waals surface area contributed by atoms with Crippen molar-refractivity contribution in [3.8, 4) is 23.6 Å². The highest BCUT2D eigenvalue weighted by atomic mass is 16.6. The fourth-order valence-corrected chi connectivity index (χ4v) is 3.98. The van der Waals surface area contributed by atoms with E-state index in [0.717, 1.165) is 36.8 Å². The first-order valence-corrected chi connectivity index (χ1v) is 12.2. The lowest BCUT2D eigenvalue weighted by molar-refractivity contribution is -0.144. The Morgan fingerprint density at radius 2 is 0.971 bits per heavy atom. The largest absolute Gasteiger partial charge is 0.426 e. The van der Waals surface area contributed by atoms with Crippen molar-refractivity contribution in [1.82, 2.24) is 0 Å². The van der Waals surface area contributed by atoms with Gasteiger partial charge in [0.2, 0.25) is 0 Å². The predicted molar refractivity (Wildman–Crippen MR) is 133 cm³/mol. The summed E-state index contributed by atoms with van der Waals surface area (Å²) in [6, 6.07) is 18.8. The smallest absolute Gasteiger partial charge is 0.322 e. The number of hydrogen-bond acceptors (Lipinski definition) is 6. The van der Waals surface area contributed by atoms with Crippen LogP contribution in [0.2, 0.25) is 0 Å². The molecule has 0 atom stereocenters. The second-order valence-corrected chi connectivity index (χ2v) is 8.96. The van der Waals surface area contributed by atoms with Crippen LogP contribution in [0.25, 0.3) is 0 Å². The Morgan fingerprint density at radius 3 is 1.23 bits per heavy atom. The normalized spacial score (nSPS) is 11.3. The van der Waals surface area contributed by atoms with Crippen molar-refractivity contribution in [3.63, 3.8) is 0 Å². The molecule has 2 aromatic carbocycles. The van der Waals surface area contributed by atoms with Gasteiger partial charge in [0.05, 0.1) is 23.0 Å². The molecular formula is C29H34N2O4. The van der Waals surface area contributed by atoms with Crippen LogP contribution in [0.1, 0.15) is 70.9 Å². The molecule has 0 saturated carbocycles. The highest BCUT2D eigenvalue weighted by Crippen LogP contribution is 2.31. The summed E-state index contributed by atoms with van der Waals surface area (Å²) in [6.45, 7) is 8.03. The van der Waals surface area contributed by atoms with Gasteiger partial charge in [0, 0.05) is 0 Å². The van der Waals surface area contributed by atoms with Crippen LogP contribution in [0.3, 0.4) is 0 Å². The number of carbonyl (C=O) groups excluding carboxylic acids is 2. The highest BCUT2D eigenvalue weighted by molar-refractivity contribution is 5.93. The third-order valence-corrected chi connectivity index (χ3v) is 6.87. The fourth-order valence-electron chi connectivity index (χ4n) is 3.98. The van der Waals surface area contributed by atoms with Crippen molar-refractivity contribution < 1.29 is 19.1 Å². The summed E-state index contributed by atoms with van der Waals surface area (Å²) in [6.07, 6.45) is 3.79. The average molecular weight is 475 g/mol. The average Bonchev–Trinajstić information content (AvgIpc) is 2.88. The molecule has 2 aromatic rings. The molecule has 0 saturated heterocycles. The number of nitrogens with zero attached hydrogens (tertiary/aromatic N) is 2. The zero-order chi connectivity index (χ0) is 25.9. The van der Waals surface area contributed by atoms with Crippen LogP contribution in [-0.2, 0) is 22.4 Å². The van der Waals surface area contributed by atoms with Gasteiger partial charge >= 0.3 is 11.9 Å². The monoisotopic (exact) mass is 474 g/mol. The number of hydrogen-bond donors (Lipinski definition) is 0. The fraction of sp³-hybridized carbons (Fsp3) is 0.448. The lowest BCUT2D eigenvalue weighted by Gasteiger charge is -2.23. The predicted octanol–water partition coefficient (Wildman–Crippen LogP) is 6.33. The van der Waals surface area contributed by atoms with Gasteiger partial charge in [-0.3, -0.25) is 9.59 Å². The van der Waals surface area contributed by atoms with Gasteiger partial charge in [0.25, 0.3) is 0 Å². The SMILES string of the molecule is CCC(C#N)(CC)Cc1ccc(OC(=O)CC(=O)Oc2ccc(CC(C#N)(CC)CC)cc2)cc1. The molecule has 0 aromatic heterocycles. The van der Waals surface area contributed by atoms with Crippen molar-refractivity contribution in [2.24, 2.45) is 10.8 Å². The maximum atomic E-state index is 12.2. The minimum absolute atomic E-state index is 0.333. The lowest BCUT2D eigenvalue weighted by atomic mass is 9.78. The molecule has 0 aliphatic carbocycles. The molecule has 0 bridgehead atoms. The van der Waals surface area contributed by atoms with E-state index in [1.807, 2.05) is 52.0 Å². The molecule has 0 aliphatic heterocycles. The summed E-state index contributed by atoms with van der Waals surface area (Å²) in [4.78, 5) is 24.4. The van der Waals surface area contributed by atoms with Gasteiger partial charge in [-0.05, 0) is 73.9 Å². The summed E-state index contributed by atoms with van der Waals surface area (Å²) in [5, 5.41) is 19.0. The Bertz CT molecular complexity index is 980. The van der Waals surface area contributed by atoms with Gasteiger partial charge in [-0.25, -0.2) is 0 Å². The molecule has 0 amide bonds. The molecule has 6 nitrogen and oxygen atoms in total. The van der Waals surface area contributed by atoms with Crippen LogP contribution < -0.4 is 9.47 Å². The molecule has 0 aliphatic rings. The molecular weight excluding hydrogens is 440 g/mol. The first-order chi connectivity index (χ1) is 16.8. The van der Waals surface area contributed by atoms with E-state index in [-0.39, 0.29) is 0 Å². The summed E-state index contributed by atoms with van der Waals surface area (Å²) in [7, 11) is 0. The van der Waals surface area contributed by atoms with Gasteiger partial charge in [-0.2, -0.15) is 10.5 Å². The molecule has 184 valence electrons. The zero-order valence-electron chi connectivity index (χ0n) is 21.1. The van der Waals surface area contributed by atoms with E-state index in [1.165, 1.54) is 0 Å². The van der Waals surface area contributed by atoms with Crippen molar-refractivity contribution in [2.75, 3.05) is 0 Å². The molecule has 0 radical (unpaired) electrons. The number of ether oxygens (including phenoxy) is 2. The molecule has 35 heavy (non-hydrogen) atoms. The van der Waals surface area contributed by atoms with Gasteiger partial charge in [-0.15, -0.1) is 0 Å². The second kappa shape index (κ2) is 12.7. The molecule has 2 rings (SSSR count). The van der Waals surface area contributed by atoms with E-state index in [0.29, 0.717) is 24.3 Å². The third kappa shape index (κ3) is 7.69. The zero-order valence-corrected chi connectivity index (χ0v) is 21.1. The summed E-state index contributed by atoms with van der Waals surface area (Å²) in [5.41, 5.74) is 1.18. The Kier molecular flexibility index (Phi) is 10.0. The van der Waals surface area contributed by atoms with Crippen molar-refractivity contribution >= 4 is 11.9 Å². The first-order valence-electron chi connectivity index (χ1n) is 12.2. The van der Waals surface area contributed by atoms with E-state index >= 15 is 0 Å². The Labute approximate surface area is 208 Å². The van der Waals surface area contributed by atoms with E-state index in [2.05, 4.69) is 12.1 Å². The summed E-state index contributed by atoms with van der Waals surface area (Å²) < 4.78 is 10.5. The second-order valence-electron chi connectivity index (χ2n) is 8.96. The van der Waals surface area contributed by atoms with Gasteiger partial charge in [-0.1, -0.05) is 52.0 Å². The first kappa shape index (κ1) is 27.6. The Balaban J connectivity index is 1.89. The number of nitriles is 2. The summed E-state index contributed by atoms with van der Waals surface area (Å²) in [5.74, 6) is -0.756. The molecule has 6 heteroatoms. The Hall–Kier alpha value is -3.64. The van der Waals surface area contributed by atoms with Gasteiger partial charge in [0.1, 0.15) is 17.9 Å². The maximum absolute atomic E-state index is 12.2. The van der Waals surface area contributed by atoms with Gasteiger partial charge < -0.3 is 9.47 Å². The number of carbonyl (C=O) groups is 2. The molecule has 0 unspecified atom stereocenters. The van der Waals surface area contributed by atoms with E-state index in [4.69, 9.17) is 9.47 Å². The van der Waals surface area contributed by atoms with Gasteiger partial charge in [0.15, 0.2) is 0 Å². The topological polar surface area (TPSA) is 100 Å². The minimum Gasteiger partial charge on any atom is -0.426 e. The van der Waals surface area contributed by atoms with E-state index in [1.54, 1.807) is 24.3 Å². The van der Waals surface area contributed by atoms with Crippen LogP contribution in [0.4, 0.5) is 0 Å². The van der Waals surface area contributed by atoms with Crippen LogP contribution in [-0.4, -0.2) is 11.9 Å². The molecule has 0 fully saturated rings. The van der Waals surface area contributed by atoms with Crippen LogP contribution in [0, 0.1) is 33.5 Å². The quantitative estimate of drug-likeness (QED) is 0.202. The van der Waals surface area contributed by atoms with Crippen molar-refractivity contribution in [2.45, 2.75) is 72.6 Å². The molecule has 0 heterocycles. The number of rotatable bonds is 12. The molecule has 0 spiro atoms. The van der Waals surface area contributed by atoms with Crippen LogP contribution >= 0.6 is 0 Å². The van der Waals surface area contributed by atoms with Crippen molar-refractivity contribution in [1.29, 1.82) is 10.5 Å². The van der Waals surface area contributed by atoms with E-state index in [9.17, 15) is 20.1 Å². The van der Waals surface area contributed by atoms with Crippen LogP contribution in [0.5, 0.6) is 11.5 Å². The Morgan fingerprint density at radius 1 is 0.657 bits per heavy atom. The minimum atomic E-state index is -0.711. The highest BCUT2D eigenvalue weighted by Gasteiger charge is 2.27. The number of benzene rings is 2. The standard InChI is InChI=1S/C29H34N2O4/c1-5-28(6-2,20-30)18-22-9-13-24(14-10-22)34-26(32)17-27(33)35-25-15-11-23(12-16-25)19-29(7-3,8-4)21-31/h9-16H,5-8,17-19H2,1-4H3. The molecule has 0 N–H and O–H groups in total. The third-order valence-electron chi connectivity index (χ3n) is 6.87. The van der Waals surface area contributed by atoms with E-state index < -0.39 is 29.2 Å². The maximum Gasteiger partial charge on any atom is 0.322 e. The van der Waals surface area contributed by atoms with Crippen molar-refractivity contribution in [3.05, 3.63) is 59.7 Å². The lowest BCUT2D eigenvalue weighted by Crippen LogP contribution is -2.20. The number of esters is 2. The summed E-state index contributed by atoms with van der Waals surface area (Å²) >= 11 is 0. The van der Waals surface area contributed by atoms with Crippen LogP contribution in [0.15, 0.2) is 48.5 Å².